The Labute approximate surface area is 119 Å². The lowest BCUT2D eigenvalue weighted by Crippen LogP contribution is -2.19. The number of rotatable bonds is 3. The summed E-state index contributed by atoms with van der Waals surface area (Å²) in [6.45, 7) is 2.72. The van der Waals surface area contributed by atoms with Crippen molar-refractivity contribution in [3.05, 3.63) is 40.5 Å². The minimum absolute atomic E-state index is 0.0588. The Morgan fingerprint density at radius 2 is 1.67 bits per heavy atom. The fourth-order valence-electron chi connectivity index (χ4n) is 1.80. The van der Waals surface area contributed by atoms with Crippen LogP contribution in [-0.4, -0.2) is 28.8 Å². The summed E-state index contributed by atoms with van der Waals surface area (Å²) >= 11 is 0. The molecule has 1 aliphatic heterocycles. The zero-order chi connectivity index (χ0) is 15.7. The summed E-state index contributed by atoms with van der Waals surface area (Å²) in [5.41, 5.74) is 0.715. The van der Waals surface area contributed by atoms with Gasteiger partial charge < -0.3 is 10.4 Å². The lowest BCUT2D eigenvalue weighted by Gasteiger charge is -2.07. The molecule has 0 bridgehead atoms. The van der Waals surface area contributed by atoms with Gasteiger partial charge in [0.15, 0.2) is 0 Å². The van der Waals surface area contributed by atoms with Crippen LogP contribution in [0, 0.1) is 0 Å². The normalized spacial score (nSPS) is 14.2. The van der Waals surface area contributed by atoms with E-state index >= 15 is 0 Å². The molecule has 0 unspecified atom stereocenters. The fourth-order valence-corrected chi connectivity index (χ4v) is 1.80. The van der Waals surface area contributed by atoms with Crippen molar-refractivity contribution < 1.29 is 24.3 Å². The predicted octanol–water partition coefficient (Wildman–Crippen LogP) is 0.930. The Bertz CT molecular complexity index is 718. The van der Waals surface area contributed by atoms with Crippen LogP contribution < -0.4 is 10.6 Å². The Kier molecular flexibility index (Phi) is 3.58. The van der Waals surface area contributed by atoms with E-state index in [-0.39, 0.29) is 22.3 Å². The van der Waals surface area contributed by atoms with Crippen LogP contribution in [0.5, 0.6) is 0 Å². The lowest BCUT2D eigenvalue weighted by atomic mass is 10.1. The Morgan fingerprint density at radius 1 is 1.05 bits per heavy atom. The molecule has 0 fully saturated rings. The van der Waals surface area contributed by atoms with E-state index in [9.17, 15) is 19.2 Å². The first-order chi connectivity index (χ1) is 9.81. The van der Waals surface area contributed by atoms with Gasteiger partial charge in [0.1, 0.15) is 0 Å². The molecule has 21 heavy (non-hydrogen) atoms. The molecule has 0 aromatic heterocycles. The van der Waals surface area contributed by atoms with Gasteiger partial charge in [-0.3, -0.25) is 19.7 Å². The monoisotopic (exact) mass is 288 g/mol. The van der Waals surface area contributed by atoms with Crippen LogP contribution in [0.15, 0.2) is 29.3 Å². The third-order valence-corrected chi connectivity index (χ3v) is 3.22. The maximum absolute atomic E-state index is 11.9. The Morgan fingerprint density at radius 3 is 2.29 bits per heavy atom. The zero-order valence-electron chi connectivity index (χ0n) is 11.3. The molecule has 1 aliphatic rings. The van der Waals surface area contributed by atoms with Gasteiger partial charge in [0, 0.05) is 16.8 Å². The maximum atomic E-state index is 11.9. The molecule has 3 amide bonds. The molecule has 0 saturated heterocycles. The predicted molar refractivity (Wildman–Crippen MR) is 72.9 cm³/mol. The number of benzene rings is 1. The molecule has 108 valence electrons. The second-order valence-corrected chi connectivity index (χ2v) is 4.55. The molecule has 0 radical (unpaired) electrons. The summed E-state index contributed by atoms with van der Waals surface area (Å²) < 4.78 is 0. The average Bonchev–Trinajstić information content (AvgIpc) is 2.72. The number of fused-ring (bicyclic) bond motifs is 1. The Hall–Kier alpha value is -2.96. The minimum Gasteiger partial charge on any atom is -0.478 e. The van der Waals surface area contributed by atoms with Gasteiger partial charge in [0.05, 0.1) is 11.1 Å². The van der Waals surface area contributed by atoms with E-state index in [4.69, 9.17) is 5.11 Å². The fraction of sp³-hybridized carbons (Fsp3) is 0.143. The first-order valence-corrected chi connectivity index (χ1v) is 6.03. The summed E-state index contributed by atoms with van der Waals surface area (Å²) in [6.07, 6.45) is 0. The number of amides is 3. The van der Waals surface area contributed by atoms with Crippen LogP contribution >= 0.6 is 0 Å². The van der Waals surface area contributed by atoms with E-state index < -0.39 is 23.7 Å². The van der Waals surface area contributed by atoms with Crippen molar-refractivity contribution in [1.29, 1.82) is 0 Å². The second kappa shape index (κ2) is 5.20. The molecule has 3 N–H and O–H groups in total. The van der Waals surface area contributed by atoms with Crippen molar-refractivity contribution >= 4 is 29.4 Å². The summed E-state index contributed by atoms with van der Waals surface area (Å²) in [6, 6.07) is 4.27. The number of carbonyl (C=O) groups excluding carboxylic acids is 3. The van der Waals surface area contributed by atoms with Crippen molar-refractivity contribution in [2.24, 2.45) is 0 Å². The first-order valence-electron chi connectivity index (χ1n) is 6.03. The highest BCUT2D eigenvalue weighted by molar-refractivity contribution is 6.22. The van der Waals surface area contributed by atoms with Crippen molar-refractivity contribution in [1.82, 2.24) is 5.32 Å². The molecule has 0 atom stereocenters. The molecule has 0 saturated carbocycles. The molecule has 1 aromatic carbocycles. The van der Waals surface area contributed by atoms with Gasteiger partial charge in [-0.05, 0) is 32.0 Å². The highest BCUT2D eigenvalue weighted by atomic mass is 16.4. The second-order valence-electron chi connectivity index (χ2n) is 4.55. The molecule has 0 aliphatic carbocycles. The molecule has 1 aromatic rings. The molecule has 2 rings (SSSR count). The van der Waals surface area contributed by atoms with Crippen molar-refractivity contribution in [2.75, 3.05) is 5.32 Å². The highest BCUT2D eigenvalue weighted by Crippen LogP contribution is 2.20. The van der Waals surface area contributed by atoms with E-state index in [0.29, 0.717) is 5.69 Å². The zero-order valence-corrected chi connectivity index (χ0v) is 11.3. The van der Waals surface area contributed by atoms with Crippen molar-refractivity contribution in [2.45, 2.75) is 13.8 Å². The molecule has 7 heteroatoms. The number of carbonyl (C=O) groups is 4. The van der Waals surface area contributed by atoms with Gasteiger partial charge in [-0.25, -0.2) is 4.79 Å². The maximum Gasteiger partial charge on any atom is 0.331 e. The number of imide groups is 1. The number of anilines is 1. The standard InChI is InChI=1S/C14H12N2O5/c1-6(7(2)14(20)21)11(17)15-8-3-4-9-10(5-8)13(19)16-12(9)18/h3-5H,1-2H3,(H,15,17)(H,20,21)(H,16,18,19). The number of carboxylic acids is 1. The van der Waals surface area contributed by atoms with Crippen molar-refractivity contribution in [3.8, 4) is 0 Å². The highest BCUT2D eigenvalue weighted by Gasteiger charge is 2.26. The lowest BCUT2D eigenvalue weighted by molar-refractivity contribution is -0.133. The van der Waals surface area contributed by atoms with Crippen LogP contribution in [0.2, 0.25) is 0 Å². The first kappa shape index (κ1) is 14.4. The topological polar surface area (TPSA) is 113 Å². The quantitative estimate of drug-likeness (QED) is 0.565. The number of aliphatic carboxylic acids is 1. The van der Waals surface area contributed by atoms with Crippen LogP contribution in [-0.2, 0) is 9.59 Å². The molecule has 7 nitrogen and oxygen atoms in total. The number of hydrogen-bond acceptors (Lipinski definition) is 4. The van der Waals surface area contributed by atoms with E-state index in [0.717, 1.165) is 0 Å². The molecule has 1 heterocycles. The summed E-state index contributed by atoms with van der Waals surface area (Å²) in [5, 5.41) is 13.5. The summed E-state index contributed by atoms with van der Waals surface area (Å²) in [5.74, 6) is -2.77. The number of carboxylic acid groups (broad SMARTS) is 1. The number of nitrogens with one attached hydrogen (secondary N) is 2. The van der Waals surface area contributed by atoms with Gasteiger partial charge in [-0.2, -0.15) is 0 Å². The summed E-state index contributed by atoms with van der Waals surface area (Å²) in [7, 11) is 0. The molecule has 0 spiro atoms. The van der Waals surface area contributed by atoms with E-state index in [1.165, 1.54) is 32.0 Å². The third-order valence-electron chi connectivity index (χ3n) is 3.22. The smallest absolute Gasteiger partial charge is 0.331 e. The van der Waals surface area contributed by atoms with E-state index in [1.54, 1.807) is 0 Å². The molecular weight excluding hydrogens is 276 g/mol. The van der Waals surface area contributed by atoms with Gasteiger partial charge in [-0.15, -0.1) is 0 Å². The average molecular weight is 288 g/mol. The van der Waals surface area contributed by atoms with E-state index in [1.807, 2.05) is 0 Å². The number of hydrogen-bond donors (Lipinski definition) is 3. The van der Waals surface area contributed by atoms with Gasteiger partial charge >= 0.3 is 5.97 Å². The van der Waals surface area contributed by atoms with Crippen LogP contribution in [0.3, 0.4) is 0 Å². The van der Waals surface area contributed by atoms with E-state index in [2.05, 4.69) is 10.6 Å². The summed E-state index contributed by atoms with van der Waals surface area (Å²) in [4.78, 5) is 45.6. The van der Waals surface area contributed by atoms with Gasteiger partial charge in [-0.1, -0.05) is 0 Å². The van der Waals surface area contributed by atoms with Crippen LogP contribution in [0.25, 0.3) is 0 Å². The Balaban J connectivity index is 2.26. The van der Waals surface area contributed by atoms with Crippen LogP contribution in [0.1, 0.15) is 34.6 Å². The van der Waals surface area contributed by atoms with Gasteiger partial charge in [0.2, 0.25) is 0 Å². The minimum atomic E-state index is -1.18. The van der Waals surface area contributed by atoms with Crippen molar-refractivity contribution in [3.63, 3.8) is 0 Å². The SMILES string of the molecule is CC(C(=O)O)=C(C)C(=O)Nc1ccc2c(c1)C(=O)NC2=O. The van der Waals surface area contributed by atoms with Gasteiger partial charge in [0.25, 0.3) is 17.7 Å². The molecular formula is C14H12N2O5. The largest absolute Gasteiger partial charge is 0.478 e. The third kappa shape index (κ3) is 2.66. The van der Waals surface area contributed by atoms with Crippen LogP contribution in [0.4, 0.5) is 5.69 Å².